The van der Waals surface area contributed by atoms with E-state index in [0.29, 0.717) is 5.56 Å². The summed E-state index contributed by atoms with van der Waals surface area (Å²) in [5.41, 5.74) is 0.477. The number of hydrogen-bond donors (Lipinski definition) is 1. The zero-order valence-corrected chi connectivity index (χ0v) is 11.7. The standard InChI is InChI=1S/C15H23F2N/c1-5-9-18-14(15(3,4)6-2)12-8-7-11(16)10-13(12)17/h7-8,10,14,18H,5-6,9H2,1-4H3. The zero-order valence-electron chi connectivity index (χ0n) is 11.7. The van der Waals surface area contributed by atoms with Gasteiger partial charge in [0.25, 0.3) is 0 Å². The van der Waals surface area contributed by atoms with Crippen LogP contribution in [0.5, 0.6) is 0 Å². The second-order valence-electron chi connectivity index (χ2n) is 5.40. The molecule has 0 aliphatic heterocycles. The fraction of sp³-hybridized carbons (Fsp3) is 0.600. The van der Waals surface area contributed by atoms with E-state index in [1.54, 1.807) is 6.07 Å². The lowest BCUT2D eigenvalue weighted by Gasteiger charge is -2.35. The van der Waals surface area contributed by atoms with E-state index in [4.69, 9.17) is 0 Å². The summed E-state index contributed by atoms with van der Waals surface area (Å²) in [6.07, 6.45) is 1.91. The molecule has 3 heteroatoms. The first-order chi connectivity index (χ1) is 8.42. The highest BCUT2D eigenvalue weighted by molar-refractivity contribution is 5.24. The van der Waals surface area contributed by atoms with E-state index in [1.807, 2.05) is 0 Å². The van der Waals surface area contributed by atoms with Crippen LogP contribution in [0.25, 0.3) is 0 Å². The van der Waals surface area contributed by atoms with Crippen molar-refractivity contribution in [1.29, 1.82) is 0 Å². The maximum Gasteiger partial charge on any atom is 0.130 e. The minimum Gasteiger partial charge on any atom is -0.309 e. The summed E-state index contributed by atoms with van der Waals surface area (Å²) >= 11 is 0. The first-order valence-electron chi connectivity index (χ1n) is 6.60. The van der Waals surface area contributed by atoms with Gasteiger partial charge in [-0.1, -0.05) is 33.8 Å². The Hall–Kier alpha value is -0.960. The molecule has 1 nitrogen and oxygen atoms in total. The molecule has 0 saturated heterocycles. The van der Waals surface area contributed by atoms with Gasteiger partial charge in [-0.3, -0.25) is 0 Å². The van der Waals surface area contributed by atoms with Crippen LogP contribution in [-0.2, 0) is 0 Å². The van der Waals surface area contributed by atoms with Gasteiger partial charge in [0, 0.05) is 17.7 Å². The van der Waals surface area contributed by atoms with Crippen LogP contribution in [0, 0.1) is 17.0 Å². The number of halogens is 2. The number of benzene rings is 1. The lowest BCUT2D eigenvalue weighted by atomic mass is 9.78. The van der Waals surface area contributed by atoms with Gasteiger partial charge < -0.3 is 5.32 Å². The maximum absolute atomic E-state index is 13.9. The van der Waals surface area contributed by atoms with E-state index in [9.17, 15) is 8.78 Å². The maximum atomic E-state index is 13.9. The Morgan fingerprint density at radius 1 is 1.22 bits per heavy atom. The van der Waals surface area contributed by atoms with Crippen LogP contribution in [0.4, 0.5) is 8.78 Å². The molecule has 1 unspecified atom stereocenters. The van der Waals surface area contributed by atoms with Crippen LogP contribution >= 0.6 is 0 Å². The Morgan fingerprint density at radius 3 is 2.39 bits per heavy atom. The van der Waals surface area contributed by atoms with Crippen LogP contribution in [0.1, 0.15) is 52.1 Å². The Labute approximate surface area is 109 Å². The van der Waals surface area contributed by atoms with E-state index < -0.39 is 11.6 Å². The summed E-state index contributed by atoms with van der Waals surface area (Å²) in [7, 11) is 0. The van der Waals surface area contributed by atoms with E-state index >= 15 is 0 Å². The minimum atomic E-state index is -0.528. The first kappa shape index (κ1) is 15.1. The Bertz CT molecular complexity index is 388. The molecule has 1 aromatic carbocycles. The van der Waals surface area contributed by atoms with Gasteiger partial charge in [-0.25, -0.2) is 8.78 Å². The molecule has 0 spiro atoms. The van der Waals surface area contributed by atoms with Gasteiger partial charge in [-0.2, -0.15) is 0 Å². The van der Waals surface area contributed by atoms with Crippen LogP contribution in [0.2, 0.25) is 0 Å². The molecule has 102 valence electrons. The molecule has 1 atom stereocenters. The van der Waals surface area contributed by atoms with Crippen molar-refractivity contribution in [2.24, 2.45) is 5.41 Å². The van der Waals surface area contributed by atoms with Crippen molar-refractivity contribution < 1.29 is 8.78 Å². The lowest BCUT2D eigenvalue weighted by Crippen LogP contribution is -2.35. The SMILES string of the molecule is CCCNC(c1ccc(F)cc1F)C(C)(C)CC. The monoisotopic (exact) mass is 255 g/mol. The molecular formula is C15H23F2N. The van der Waals surface area contributed by atoms with Crippen molar-refractivity contribution in [3.63, 3.8) is 0 Å². The minimum absolute atomic E-state index is 0.0756. The van der Waals surface area contributed by atoms with Gasteiger partial charge in [0.2, 0.25) is 0 Å². The van der Waals surface area contributed by atoms with E-state index in [2.05, 4.69) is 33.0 Å². The average molecular weight is 255 g/mol. The highest BCUT2D eigenvalue weighted by Gasteiger charge is 2.30. The number of hydrogen-bond acceptors (Lipinski definition) is 1. The third-order valence-corrected chi connectivity index (χ3v) is 3.56. The molecule has 0 aromatic heterocycles. The topological polar surface area (TPSA) is 12.0 Å². The van der Waals surface area contributed by atoms with Crippen LogP contribution in [0.15, 0.2) is 18.2 Å². The van der Waals surface area contributed by atoms with E-state index in [1.165, 1.54) is 6.07 Å². The van der Waals surface area contributed by atoms with Crippen molar-refractivity contribution in [2.45, 2.75) is 46.6 Å². The normalized spacial score (nSPS) is 13.7. The third-order valence-electron chi connectivity index (χ3n) is 3.56. The summed E-state index contributed by atoms with van der Waals surface area (Å²) in [4.78, 5) is 0. The summed E-state index contributed by atoms with van der Waals surface area (Å²) in [5, 5.41) is 3.37. The smallest absolute Gasteiger partial charge is 0.130 e. The summed E-state index contributed by atoms with van der Waals surface area (Å²) in [6.45, 7) is 9.18. The van der Waals surface area contributed by atoms with Crippen LogP contribution < -0.4 is 5.32 Å². The first-order valence-corrected chi connectivity index (χ1v) is 6.60. The fourth-order valence-corrected chi connectivity index (χ4v) is 2.04. The van der Waals surface area contributed by atoms with Gasteiger partial charge in [-0.15, -0.1) is 0 Å². The molecule has 18 heavy (non-hydrogen) atoms. The molecule has 0 radical (unpaired) electrons. The molecule has 0 amide bonds. The van der Waals surface area contributed by atoms with Crippen LogP contribution in [0.3, 0.4) is 0 Å². The number of nitrogens with one attached hydrogen (secondary N) is 1. The Kier molecular flexibility index (Phi) is 5.27. The lowest BCUT2D eigenvalue weighted by molar-refractivity contribution is 0.229. The molecule has 0 heterocycles. The highest BCUT2D eigenvalue weighted by Crippen LogP contribution is 2.37. The Balaban J connectivity index is 3.09. The second kappa shape index (κ2) is 6.28. The zero-order chi connectivity index (χ0) is 13.8. The molecular weight excluding hydrogens is 232 g/mol. The average Bonchev–Trinajstić information content (AvgIpc) is 2.31. The number of rotatable bonds is 6. The highest BCUT2D eigenvalue weighted by atomic mass is 19.1. The Morgan fingerprint density at radius 2 is 1.89 bits per heavy atom. The van der Waals surface area contributed by atoms with Crippen molar-refractivity contribution in [1.82, 2.24) is 5.32 Å². The van der Waals surface area contributed by atoms with Crippen molar-refractivity contribution >= 4 is 0 Å². The van der Waals surface area contributed by atoms with Gasteiger partial charge in [0.1, 0.15) is 11.6 Å². The molecule has 1 aromatic rings. The van der Waals surface area contributed by atoms with Gasteiger partial charge >= 0.3 is 0 Å². The van der Waals surface area contributed by atoms with Crippen LogP contribution in [-0.4, -0.2) is 6.54 Å². The molecule has 0 saturated carbocycles. The predicted octanol–water partition coefficient (Wildman–Crippen LogP) is 4.44. The van der Waals surface area contributed by atoms with E-state index in [-0.39, 0.29) is 11.5 Å². The second-order valence-corrected chi connectivity index (χ2v) is 5.40. The van der Waals surface area contributed by atoms with Gasteiger partial charge in [0.15, 0.2) is 0 Å². The van der Waals surface area contributed by atoms with Gasteiger partial charge in [0.05, 0.1) is 0 Å². The fourth-order valence-electron chi connectivity index (χ4n) is 2.04. The molecule has 0 aliphatic rings. The summed E-state index contributed by atoms with van der Waals surface area (Å²) in [5.74, 6) is -0.995. The summed E-state index contributed by atoms with van der Waals surface area (Å²) < 4.78 is 26.9. The molecule has 1 N–H and O–H groups in total. The largest absolute Gasteiger partial charge is 0.309 e. The van der Waals surface area contributed by atoms with Crippen molar-refractivity contribution in [2.75, 3.05) is 6.54 Å². The summed E-state index contributed by atoms with van der Waals surface area (Å²) in [6, 6.07) is 3.74. The molecule has 0 bridgehead atoms. The quantitative estimate of drug-likeness (QED) is 0.792. The third kappa shape index (κ3) is 3.52. The van der Waals surface area contributed by atoms with Crippen molar-refractivity contribution in [3.05, 3.63) is 35.4 Å². The van der Waals surface area contributed by atoms with Gasteiger partial charge in [-0.05, 0) is 30.9 Å². The van der Waals surface area contributed by atoms with Crippen molar-refractivity contribution in [3.8, 4) is 0 Å². The molecule has 0 aliphatic carbocycles. The molecule has 0 fully saturated rings. The molecule has 1 rings (SSSR count). The van der Waals surface area contributed by atoms with E-state index in [0.717, 1.165) is 25.5 Å². The predicted molar refractivity (Wildman–Crippen MR) is 71.5 cm³/mol.